The molecule has 0 aliphatic heterocycles. The summed E-state index contributed by atoms with van der Waals surface area (Å²) in [5.74, 6) is -0.662. The van der Waals surface area contributed by atoms with Gasteiger partial charge in [0.2, 0.25) is 0 Å². The van der Waals surface area contributed by atoms with E-state index < -0.39 is 11.6 Å². The van der Waals surface area contributed by atoms with E-state index in [9.17, 15) is 13.6 Å². The van der Waals surface area contributed by atoms with Crippen LogP contribution in [0.2, 0.25) is 0 Å². The molecule has 144 valence electrons. The molecule has 0 bridgehead atoms. The van der Waals surface area contributed by atoms with Crippen molar-refractivity contribution in [1.82, 2.24) is 4.98 Å². The number of hydrogen-bond acceptors (Lipinski definition) is 5. The van der Waals surface area contributed by atoms with E-state index in [1.165, 1.54) is 32.5 Å². The number of carbonyl (C=O) groups is 1. The maximum atomic E-state index is 13.7. The average Bonchev–Trinajstić information content (AvgIpc) is 2.71. The fourth-order valence-corrected chi connectivity index (χ4v) is 2.43. The van der Waals surface area contributed by atoms with Crippen LogP contribution in [0.15, 0.2) is 54.7 Å². The second-order valence-corrected chi connectivity index (χ2v) is 5.71. The predicted octanol–water partition coefficient (Wildman–Crippen LogP) is 4.37. The van der Waals surface area contributed by atoms with Gasteiger partial charge in [-0.2, -0.15) is 0 Å². The number of methoxy groups -OCH3 is 2. The van der Waals surface area contributed by atoms with Gasteiger partial charge in [-0.25, -0.2) is 13.8 Å². The first-order valence-electron chi connectivity index (χ1n) is 8.21. The highest BCUT2D eigenvalue weighted by molar-refractivity contribution is 6.04. The second kappa shape index (κ2) is 8.34. The third kappa shape index (κ3) is 4.35. The van der Waals surface area contributed by atoms with Crippen molar-refractivity contribution in [3.05, 3.63) is 71.9 Å². The number of aromatic nitrogens is 1. The lowest BCUT2D eigenvalue weighted by Gasteiger charge is -2.10. The van der Waals surface area contributed by atoms with Gasteiger partial charge in [0.25, 0.3) is 5.91 Å². The number of benzene rings is 2. The Morgan fingerprint density at radius 3 is 2.14 bits per heavy atom. The van der Waals surface area contributed by atoms with Gasteiger partial charge in [0.1, 0.15) is 34.6 Å². The zero-order chi connectivity index (χ0) is 20.1. The molecule has 1 amide bonds. The van der Waals surface area contributed by atoms with Gasteiger partial charge >= 0.3 is 0 Å². The van der Waals surface area contributed by atoms with E-state index in [0.717, 1.165) is 12.1 Å². The van der Waals surface area contributed by atoms with E-state index in [1.54, 1.807) is 24.3 Å². The Hall–Kier alpha value is -3.68. The Morgan fingerprint density at radius 1 is 0.964 bits per heavy atom. The minimum Gasteiger partial charge on any atom is -0.497 e. The minimum atomic E-state index is -0.730. The molecular formula is C20H17F2N3O3. The maximum absolute atomic E-state index is 13.7. The molecular weight excluding hydrogens is 368 g/mol. The summed E-state index contributed by atoms with van der Waals surface area (Å²) in [5, 5.41) is 5.26. The molecule has 2 aromatic carbocycles. The van der Waals surface area contributed by atoms with Crippen LogP contribution in [0.1, 0.15) is 10.4 Å². The number of rotatable bonds is 6. The fourth-order valence-electron chi connectivity index (χ4n) is 2.43. The molecule has 28 heavy (non-hydrogen) atoms. The lowest BCUT2D eigenvalue weighted by atomic mass is 10.2. The SMILES string of the molecule is COc1cc(OC)cc(C(=O)Nc2ccc(Nc3c(F)cccc3F)nc2)c1. The van der Waals surface area contributed by atoms with Crippen LogP contribution in [0.5, 0.6) is 11.5 Å². The van der Waals surface area contributed by atoms with Gasteiger partial charge in [0.15, 0.2) is 0 Å². The van der Waals surface area contributed by atoms with Gasteiger partial charge in [-0.15, -0.1) is 0 Å². The molecule has 3 aromatic rings. The van der Waals surface area contributed by atoms with Gasteiger partial charge in [0, 0.05) is 11.6 Å². The van der Waals surface area contributed by atoms with E-state index in [0.29, 0.717) is 22.7 Å². The van der Waals surface area contributed by atoms with Crippen LogP contribution in [0, 0.1) is 11.6 Å². The molecule has 0 aliphatic carbocycles. The summed E-state index contributed by atoms with van der Waals surface area (Å²) >= 11 is 0. The van der Waals surface area contributed by atoms with Crippen LogP contribution in [-0.4, -0.2) is 25.1 Å². The number of pyridine rings is 1. The summed E-state index contributed by atoms with van der Waals surface area (Å²) in [6.07, 6.45) is 1.37. The van der Waals surface area contributed by atoms with Crippen LogP contribution in [0.4, 0.5) is 26.0 Å². The first-order valence-corrected chi connectivity index (χ1v) is 8.21. The predicted molar refractivity (Wildman–Crippen MR) is 101 cm³/mol. The third-order valence-corrected chi connectivity index (χ3v) is 3.85. The van der Waals surface area contributed by atoms with Gasteiger partial charge in [-0.05, 0) is 36.4 Å². The van der Waals surface area contributed by atoms with E-state index in [4.69, 9.17) is 9.47 Å². The van der Waals surface area contributed by atoms with Crippen molar-refractivity contribution >= 4 is 23.1 Å². The van der Waals surface area contributed by atoms with E-state index in [-0.39, 0.29) is 17.4 Å². The smallest absolute Gasteiger partial charge is 0.255 e. The van der Waals surface area contributed by atoms with Crippen LogP contribution in [-0.2, 0) is 0 Å². The molecule has 0 saturated carbocycles. The van der Waals surface area contributed by atoms with Crippen molar-refractivity contribution in [3.8, 4) is 11.5 Å². The zero-order valence-corrected chi connectivity index (χ0v) is 15.1. The standard InChI is InChI=1S/C20H17F2N3O3/c1-27-14-8-12(9-15(10-14)28-2)20(26)24-13-6-7-18(23-11-13)25-19-16(21)4-3-5-17(19)22/h3-11H,1-2H3,(H,23,25)(H,24,26). The summed E-state index contributed by atoms with van der Waals surface area (Å²) in [5.41, 5.74) is 0.452. The molecule has 1 aromatic heterocycles. The van der Waals surface area contributed by atoms with Gasteiger partial charge in [-0.1, -0.05) is 6.07 Å². The Kier molecular flexibility index (Phi) is 5.69. The summed E-state index contributed by atoms with van der Waals surface area (Å²) in [7, 11) is 2.98. The zero-order valence-electron chi connectivity index (χ0n) is 15.1. The number of anilines is 3. The molecule has 3 rings (SSSR count). The Morgan fingerprint density at radius 2 is 1.61 bits per heavy atom. The molecule has 0 spiro atoms. The average molecular weight is 385 g/mol. The van der Waals surface area contributed by atoms with Crippen molar-refractivity contribution in [2.45, 2.75) is 0 Å². The highest BCUT2D eigenvalue weighted by Crippen LogP contribution is 2.24. The molecule has 8 heteroatoms. The second-order valence-electron chi connectivity index (χ2n) is 5.71. The molecule has 6 nitrogen and oxygen atoms in total. The largest absolute Gasteiger partial charge is 0.497 e. The Bertz CT molecular complexity index is 952. The van der Waals surface area contributed by atoms with Crippen molar-refractivity contribution in [1.29, 1.82) is 0 Å². The third-order valence-electron chi connectivity index (χ3n) is 3.85. The summed E-state index contributed by atoms with van der Waals surface area (Å²) < 4.78 is 37.7. The topological polar surface area (TPSA) is 72.5 Å². The summed E-state index contributed by atoms with van der Waals surface area (Å²) in [6.45, 7) is 0. The van der Waals surface area contributed by atoms with Crippen LogP contribution < -0.4 is 20.1 Å². The molecule has 0 saturated heterocycles. The van der Waals surface area contributed by atoms with Gasteiger partial charge < -0.3 is 20.1 Å². The van der Waals surface area contributed by atoms with Crippen molar-refractivity contribution in [2.75, 3.05) is 24.9 Å². The summed E-state index contributed by atoms with van der Waals surface area (Å²) in [4.78, 5) is 16.5. The van der Waals surface area contributed by atoms with E-state index in [1.807, 2.05) is 0 Å². The molecule has 0 radical (unpaired) electrons. The lowest BCUT2D eigenvalue weighted by Crippen LogP contribution is -2.12. The van der Waals surface area contributed by atoms with Crippen LogP contribution in [0.25, 0.3) is 0 Å². The number of hydrogen-bond donors (Lipinski definition) is 2. The maximum Gasteiger partial charge on any atom is 0.255 e. The first-order chi connectivity index (χ1) is 13.5. The lowest BCUT2D eigenvalue weighted by molar-refractivity contribution is 0.102. The van der Waals surface area contributed by atoms with Gasteiger partial charge in [0.05, 0.1) is 26.1 Å². The highest BCUT2D eigenvalue weighted by Gasteiger charge is 2.12. The highest BCUT2D eigenvalue weighted by atomic mass is 19.1. The summed E-state index contributed by atoms with van der Waals surface area (Å²) in [6, 6.07) is 11.4. The Labute approximate surface area is 160 Å². The van der Waals surface area contributed by atoms with Crippen molar-refractivity contribution < 1.29 is 23.0 Å². The molecule has 0 aliphatic rings. The number of nitrogens with one attached hydrogen (secondary N) is 2. The number of para-hydroxylation sites is 1. The number of carbonyl (C=O) groups excluding carboxylic acids is 1. The first kappa shape index (κ1) is 19.1. The van der Waals surface area contributed by atoms with Gasteiger partial charge in [-0.3, -0.25) is 4.79 Å². The molecule has 0 unspecified atom stereocenters. The number of nitrogens with zero attached hydrogens (tertiary/aromatic N) is 1. The fraction of sp³-hybridized carbons (Fsp3) is 0.100. The molecule has 0 fully saturated rings. The van der Waals surface area contributed by atoms with Crippen molar-refractivity contribution in [2.24, 2.45) is 0 Å². The Balaban J connectivity index is 1.73. The van der Waals surface area contributed by atoms with E-state index in [2.05, 4.69) is 15.6 Å². The van der Waals surface area contributed by atoms with Crippen LogP contribution in [0.3, 0.4) is 0 Å². The number of ether oxygens (including phenoxy) is 2. The number of amides is 1. The van der Waals surface area contributed by atoms with E-state index >= 15 is 0 Å². The monoisotopic (exact) mass is 385 g/mol. The normalized spacial score (nSPS) is 10.3. The molecule has 0 atom stereocenters. The molecule has 1 heterocycles. The number of halogens is 2. The molecule has 2 N–H and O–H groups in total. The minimum absolute atomic E-state index is 0.227. The van der Waals surface area contributed by atoms with Crippen molar-refractivity contribution in [3.63, 3.8) is 0 Å². The quantitative estimate of drug-likeness (QED) is 0.659. The van der Waals surface area contributed by atoms with Crippen LogP contribution >= 0.6 is 0 Å².